The van der Waals surface area contributed by atoms with Gasteiger partial charge in [-0.2, -0.15) is 5.26 Å². The molecule has 0 bridgehead atoms. The molecule has 7 nitrogen and oxygen atoms in total. The Kier molecular flexibility index (Phi) is 5.50. The maximum atomic E-state index is 13.2. The molecule has 1 aliphatic heterocycles. The Labute approximate surface area is 179 Å². The first kappa shape index (κ1) is 20.3. The number of urea groups is 1. The zero-order valence-electron chi connectivity index (χ0n) is 17.2. The summed E-state index contributed by atoms with van der Waals surface area (Å²) in [4.78, 5) is 25.6. The summed E-state index contributed by atoms with van der Waals surface area (Å²) < 4.78 is 13.2. The highest BCUT2D eigenvalue weighted by Gasteiger charge is 2.30. The number of benzene rings is 1. The summed E-state index contributed by atoms with van der Waals surface area (Å²) in [6, 6.07) is 15.3. The van der Waals surface area contributed by atoms with Crippen molar-refractivity contribution in [2.75, 3.05) is 28.7 Å². The molecule has 2 aromatic heterocycles. The van der Waals surface area contributed by atoms with Crippen LogP contribution in [0.2, 0.25) is 0 Å². The summed E-state index contributed by atoms with van der Waals surface area (Å²) in [6.45, 7) is 2.73. The lowest BCUT2D eigenvalue weighted by Crippen LogP contribution is -2.42. The number of aromatic nitrogens is 2. The molecule has 1 aliphatic rings. The molecule has 1 aromatic carbocycles. The van der Waals surface area contributed by atoms with Crippen LogP contribution in [0.5, 0.6) is 0 Å². The van der Waals surface area contributed by atoms with E-state index in [4.69, 9.17) is 4.98 Å². The fourth-order valence-electron chi connectivity index (χ4n) is 3.58. The first-order valence-corrected chi connectivity index (χ1v) is 9.91. The van der Waals surface area contributed by atoms with E-state index in [9.17, 15) is 14.4 Å². The van der Waals surface area contributed by atoms with Crippen LogP contribution in [0.25, 0.3) is 11.3 Å². The summed E-state index contributed by atoms with van der Waals surface area (Å²) in [5, 5.41) is 12.0. The number of fused-ring (bicyclic) bond motifs is 1. The smallest absolute Gasteiger partial charge is 0.328 e. The first-order valence-electron chi connectivity index (χ1n) is 9.91. The van der Waals surface area contributed by atoms with Gasteiger partial charge in [-0.1, -0.05) is 12.1 Å². The SMILES string of the molecule is C[C@@H]1CCN(C)c2ccc(-c3cccc(C#N)c3)nc2N1C(=O)Nc1ccc(F)cn1. The van der Waals surface area contributed by atoms with Crippen LogP contribution in [0, 0.1) is 17.1 Å². The molecule has 0 spiro atoms. The Bertz CT molecular complexity index is 1160. The van der Waals surface area contributed by atoms with Gasteiger partial charge in [0.15, 0.2) is 5.82 Å². The van der Waals surface area contributed by atoms with Crippen molar-refractivity contribution in [2.45, 2.75) is 19.4 Å². The minimum atomic E-state index is -0.473. The van der Waals surface area contributed by atoms with Crippen molar-refractivity contribution >= 4 is 23.4 Å². The second-order valence-corrected chi connectivity index (χ2v) is 7.45. The van der Waals surface area contributed by atoms with E-state index in [-0.39, 0.29) is 11.9 Å². The van der Waals surface area contributed by atoms with Crippen LogP contribution in [0.4, 0.5) is 26.5 Å². The van der Waals surface area contributed by atoms with Gasteiger partial charge in [0.2, 0.25) is 0 Å². The Morgan fingerprint density at radius 1 is 1.26 bits per heavy atom. The van der Waals surface area contributed by atoms with E-state index in [0.717, 1.165) is 30.4 Å². The Morgan fingerprint density at radius 2 is 2.10 bits per heavy atom. The predicted octanol–water partition coefficient (Wildman–Crippen LogP) is 4.42. The maximum absolute atomic E-state index is 13.2. The van der Waals surface area contributed by atoms with E-state index in [2.05, 4.69) is 21.3 Å². The number of nitrogens with zero attached hydrogens (tertiary/aromatic N) is 5. The minimum Gasteiger partial charge on any atom is -0.372 e. The van der Waals surface area contributed by atoms with E-state index in [0.29, 0.717) is 17.1 Å². The van der Waals surface area contributed by atoms with Gasteiger partial charge in [-0.15, -0.1) is 0 Å². The summed E-state index contributed by atoms with van der Waals surface area (Å²) in [5.74, 6) is 0.307. The van der Waals surface area contributed by atoms with Crippen LogP contribution in [0.15, 0.2) is 54.7 Å². The fourth-order valence-corrected chi connectivity index (χ4v) is 3.58. The van der Waals surface area contributed by atoms with Gasteiger partial charge in [0, 0.05) is 25.2 Å². The van der Waals surface area contributed by atoms with Crippen molar-refractivity contribution in [3.05, 3.63) is 66.1 Å². The van der Waals surface area contributed by atoms with E-state index in [1.807, 2.05) is 32.2 Å². The number of hydrogen-bond acceptors (Lipinski definition) is 5. The molecule has 156 valence electrons. The standard InChI is InChI=1S/C23H21FN6O/c1-15-10-11-29(2)20-8-7-19(17-5-3-4-16(12-17)13-25)27-22(20)30(15)23(31)28-21-9-6-18(24)14-26-21/h3-9,12,14-15H,10-11H2,1-2H3,(H,26,28,31)/t15-/m1/s1. The largest absolute Gasteiger partial charge is 0.372 e. The van der Waals surface area contributed by atoms with Crippen molar-refractivity contribution in [1.82, 2.24) is 9.97 Å². The van der Waals surface area contributed by atoms with Gasteiger partial charge < -0.3 is 4.90 Å². The normalized spacial score (nSPS) is 15.6. The van der Waals surface area contributed by atoms with Crippen LogP contribution in [-0.2, 0) is 0 Å². The van der Waals surface area contributed by atoms with Crippen molar-refractivity contribution < 1.29 is 9.18 Å². The highest BCUT2D eigenvalue weighted by atomic mass is 19.1. The third-order valence-electron chi connectivity index (χ3n) is 5.29. The molecule has 0 saturated heterocycles. The Balaban J connectivity index is 1.75. The lowest BCUT2D eigenvalue weighted by molar-refractivity contribution is 0.255. The molecule has 3 heterocycles. The van der Waals surface area contributed by atoms with Gasteiger partial charge in [0.25, 0.3) is 0 Å². The molecule has 0 radical (unpaired) electrons. The minimum absolute atomic E-state index is 0.127. The lowest BCUT2D eigenvalue weighted by atomic mass is 10.1. The number of nitriles is 1. The van der Waals surface area contributed by atoms with Crippen molar-refractivity contribution in [1.29, 1.82) is 5.26 Å². The molecule has 0 fully saturated rings. The molecule has 0 unspecified atom stereocenters. The number of carbonyl (C=O) groups excluding carboxylic acids is 1. The number of amides is 2. The molecule has 2 amide bonds. The van der Waals surface area contributed by atoms with Gasteiger partial charge in [-0.05, 0) is 49.7 Å². The van der Waals surface area contributed by atoms with Gasteiger partial charge in [-0.3, -0.25) is 10.2 Å². The first-order chi connectivity index (χ1) is 15.0. The average Bonchev–Trinajstić information content (AvgIpc) is 2.91. The predicted molar refractivity (Wildman–Crippen MR) is 117 cm³/mol. The summed E-state index contributed by atoms with van der Waals surface area (Å²) >= 11 is 0. The molecule has 3 aromatic rings. The van der Waals surface area contributed by atoms with Crippen LogP contribution in [-0.4, -0.2) is 35.6 Å². The zero-order chi connectivity index (χ0) is 22.0. The third-order valence-corrected chi connectivity index (χ3v) is 5.29. The highest BCUT2D eigenvalue weighted by Crippen LogP contribution is 2.35. The Hall–Kier alpha value is -3.99. The third kappa shape index (κ3) is 4.16. The molecule has 4 rings (SSSR count). The summed E-state index contributed by atoms with van der Waals surface area (Å²) in [5.41, 5.74) is 2.82. The second kappa shape index (κ2) is 8.40. The molecule has 1 atom stereocenters. The van der Waals surface area contributed by atoms with Gasteiger partial charge in [0.1, 0.15) is 11.6 Å². The molecule has 8 heteroatoms. The molecule has 31 heavy (non-hydrogen) atoms. The number of nitrogens with one attached hydrogen (secondary N) is 1. The summed E-state index contributed by atoms with van der Waals surface area (Å²) in [6.07, 6.45) is 1.80. The number of hydrogen-bond donors (Lipinski definition) is 1. The van der Waals surface area contributed by atoms with Crippen molar-refractivity contribution in [2.24, 2.45) is 0 Å². The van der Waals surface area contributed by atoms with Gasteiger partial charge in [-0.25, -0.2) is 19.2 Å². The van der Waals surface area contributed by atoms with Crippen molar-refractivity contribution in [3.63, 3.8) is 0 Å². The van der Waals surface area contributed by atoms with E-state index in [1.54, 1.807) is 23.1 Å². The molecular formula is C23H21FN6O. The van der Waals surface area contributed by atoms with E-state index < -0.39 is 11.8 Å². The van der Waals surface area contributed by atoms with E-state index >= 15 is 0 Å². The number of carbonyl (C=O) groups is 1. The quantitative estimate of drug-likeness (QED) is 0.668. The van der Waals surface area contributed by atoms with Gasteiger partial charge >= 0.3 is 6.03 Å². The van der Waals surface area contributed by atoms with Gasteiger partial charge in [0.05, 0.1) is 29.2 Å². The number of rotatable bonds is 2. The fraction of sp³-hybridized carbons (Fsp3) is 0.217. The Morgan fingerprint density at radius 3 is 2.84 bits per heavy atom. The number of anilines is 3. The zero-order valence-corrected chi connectivity index (χ0v) is 17.2. The molecule has 1 N–H and O–H groups in total. The van der Waals surface area contributed by atoms with Crippen molar-refractivity contribution in [3.8, 4) is 17.3 Å². The van der Waals surface area contributed by atoms with Crippen LogP contribution < -0.4 is 15.1 Å². The van der Waals surface area contributed by atoms with Crippen LogP contribution in [0.3, 0.4) is 0 Å². The van der Waals surface area contributed by atoms with Crippen LogP contribution >= 0.6 is 0 Å². The highest BCUT2D eigenvalue weighted by molar-refractivity contribution is 6.03. The molecule has 0 saturated carbocycles. The topological polar surface area (TPSA) is 85.2 Å². The average molecular weight is 416 g/mol. The van der Waals surface area contributed by atoms with E-state index in [1.165, 1.54) is 12.1 Å². The number of halogens is 1. The lowest BCUT2D eigenvalue weighted by Gasteiger charge is -2.28. The number of pyridine rings is 2. The summed E-state index contributed by atoms with van der Waals surface area (Å²) in [7, 11) is 1.96. The second-order valence-electron chi connectivity index (χ2n) is 7.45. The molecular weight excluding hydrogens is 395 g/mol. The van der Waals surface area contributed by atoms with Crippen LogP contribution in [0.1, 0.15) is 18.9 Å². The monoisotopic (exact) mass is 416 g/mol. The molecule has 0 aliphatic carbocycles. The maximum Gasteiger partial charge on any atom is 0.328 e.